The highest BCUT2D eigenvalue weighted by atomic mass is 32.1. The first-order chi connectivity index (χ1) is 11.5. The molecule has 2 rings (SSSR count). The van der Waals surface area contributed by atoms with E-state index in [4.69, 9.17) is 10.00 Å². The molecular weight excluding hydrogens is 326 g/mol. The number of carbonyl (C=O) groups excluding carboxylic acids is 2. The van der Waals surface area contributed by atoms with Gasteiger partial charge in [-0.3, -0.25) is 9.59 Å². The summed E-state index contributed by atoms with van der Waals surface area (Å²) in [5.41, 5.74) is 0.597. The van der Waals surface area contributed by atoms with Crippen LogP contribution in [0.3, 0.4) is 0 Å². The number of benzene rings is 1. The van der Waals surface area contributed by atoms with Crippen molar-refractivity contribution in [1.29, 1.82) is 5.26 Å². The van der Waals surface area contributed by atoms with Crippen LogP contribution in [0.1, 0.15) is 21.4 Å². The summed E-state index contributed by atoms with van der Waals surface area (Å²) in [7, 11) is 1.55. The van der Waals surface area contributed by atoms with Crippen LogP contribution in [0.5, 0.6) is 0 Å². The van der Waals surface area contributed by atoms with Gasteiger partial charge in [0, 0.05) is 23.4 Å². The summed E-state index contributed by atoms with van der Waals surface area (Å²) < 4.78 is 5.36. The van der Waals surface area contributed by atoms with Crippen LogP contribution >= 0.6 is 11.3 Å². The molecule has 1 atom stereocenters. The van der Waals surface area contributed by atoms with E-state index in [0.29, 0.717) is 11.3 Å². The zero-order valence-electron chi connectivity index (χ0n) is 13.3. The third-order valence-electron chi connectivity index (χ3n) is 3.31. The first-order valence-corrected chi connectivity index (χ1v) is 8.04. The number of hydrogen-bond acceptors (Lipinski definition) is 5. The van der Waals surface area contributed by atoms with Gasteiger partial charge in [-0.25, -0.2) is 0 Å². The molecule has 24 heavy (non-hydrogen) atoms. The maximum atomic E-state index is 12.0. The van der Waals surface area contributed by atoms with Crippen molar-refractivity contribution in [2.45, 2.75) is 13.0 Å². The van der Waals surface area contributed by atoms with Crippen molar-refractivity contribution in [2.75, 3.05) is 19.0 Å². The van der Waals surface area contributed by atoms with Crippen LogP contribution in [-0.4, -0.2) is 25.5 Å². The number of para-hydroxylation sites is 1. The van der Waals surface area contributed by atoms with Crippen LogP contribution in [0.15, 0.2) is 36.4 Å². The van der Waals surface area contributed by atoms with Gasteiger partial charge < -0.3 is 15.4 Å². The number of thiophene rings is 1. The Hall–Kier alpha value is -2.69. The van der Waals surface area contributed by atoms with Gasteiger partial charge in [-0.2, -0.15) is 5.26 Å². The Balaban J connectivity index is 1.94. The highest BCUT2D eigenvalue weighted by Gasteiger charge is 2.18. The Morgan fingerprint density at radius 1 is 1.25 bits per heavy atom. The van der Waals surface area contributed by atoms with Crippen LogP contribution in [-0.2, 0) is 14.3 Å². The van der Waals surface area contributed by atoms with Gasteiger partial charge in [-0.1, -0.05) is 12.1 Å². The van der Waals surface area contributed by atoms with Crippen molar-refractivity contribution in [2.24, 2.45) is 0 Å². The van der Waals surface area contributed by atoms with Crippen molar-refractivity contribution in [3.8, 4) is 6.07 Å². The van der Waals surface area contributed by atoms with Gasteiger partial charge in [0.15, 0.2) is 0 Å². The standard InChI is InChI=1S/C17H17N3O3S/c1-11-7-8-15(24-11)14(23-2)10-19-16(21)17(22)20-13-6-4-3-5-12(13)9-18/h3-8,14H,10H2,1-2H3,(H,19,21)(H,20,22)/t14-/m1/s1. The second-order valence-electron chi connectivity index (χ2n) is 4.99. The van der Waals surface area contributed by atoms with Gasteiger partial charge in [-0.05, 0) is 31.2 Å². The number of hydrogen-bond donors (Lipinski definition) is 2. The predicted molar refractivity (Wildman–Crippen MR) is 91.6 cm³/mol. The molecule has 0 aliphatic rings. The summed E-state index contributed by atoms with van der Waals surface area (Å²) >= 11 is 1.58. The first-order valence-electron chi connectivity index (χ1n) is 7.22. The van der Waals surface area contributed by atoms with Gasteiger partial charge in [0.2, 0.25) is 0 Å². The van der Waals surface area contributed by atoms with Crippen LogP contribution in [0.4, 0.5) is 5.69 Å². The second kappa shape index (κ2) is 8.24. The third kappa shape index (κ3) is 4.41. The number of carbonyl (C=O) groups is 2. The SMILES string of the molecule is CO[C@H](CNC(=O)C(=O)Nc1ccccc1C#N)c1ccc(C)s1. The third-order valence-corrected chi connectivity index (χ3v) is 4.41. The maximum Gasteiger partial charge on any atom is 0.313 e. The molecule has 0 radical (unpaired) electrons. The highest BCUT2D eigenvalue weighted by Crippen LogP contribution is 2.24. The number of amides is 2. The Bertz CT molecular complexity index is 779. The van der Waals surface area contributed by atoms with E-state index in [-0.39, 0.29) is 12.6 Å². The zero-order valence-corrected chi connectivity index (χ0v) is 14.1. The second-order valence-corrected chi connectivity index (χ2v) is 6.31. The molecule has 0 saturated heterocycles. The van der Waals surface area contributed by atoms with E-state index >= 15 is 0 Å². The van der Waals surface area contributed by atoms with Crippen LogP contribution in [0.25, 0.3) is 0 Å². The highest BCUT2D eigenvalue weighted by molar-refractivity contribution is 7.12. The molecule has 2 N–H and O–H groups in total. The molecule has 2 amide bonds. The largest absolute Gasteiger partial charge is 0.374 e. The Morgan fingerprint density at radius 3 is 2.62 bits per heavy atom. The Labute approximate surface area is 144 Å². The molecule has 0 aliphatic heterocycles. The van der Waals surface area contributed by atoms with E-state index < -0.39 is 11.8 Å². The smallest absolute Gasteiger partial charge is 0.313 e. The number of nitrogens with zero attached hydrogens (tertiary/aromatic N) is 1. The molecule has 124 valence electrons. The molecule has 0 saturated carbocycles. The Kier molecular flexibility index (Phi) is 6.07. The minimum Gasteiger partial charge on any atom is -0.374 e. The maximum absolute atomic E-state index is 12.0. The number of rotatable bonds is 5. The molecule has 1 aromatic heterocycles. The number of methoxy groups -OCH3 is 1. The number of ether oxygens (including phenoxy) is 1. The molecule has 1 aromatic carbocycles. The monoisotopic (exact) mass is 343 g/mol. The summed E-state index contributed by atoms with van der Waals surface area (Å²) in [5.74, 6) is -1.60. The number of nitrogens with one attached hydrogen (secondary N) is 2. The van der Waals surface area contributed by atoms with Crippen LogP contribution in [0.2, 0.25) is 0 Å². The van der Waals surface area contributed by atoms with Crippen molar-refractivity contribution < 1.29 is 14.3 Å². The van der Waals surface area contributed by atoms with Gasteiger partial charge >= 0.3 is 11.8 Å². The summed E-state index contributed by atoms with van der Waals surface area (Å²) in [6.45, 7) is 2.17. The van der Waals surface area contributed by atoms with E-state index in [9.17, 15) is 9.59 Å². The lowest BCUT2D eigenvalue weighted by Crippen LogP contribution is -2.38. The van der Waals surface area contributed by atoms with Crippen LogP contribution in [0, 0.1) is 18.3 Å². The number of nitriles is 1. The van der Waals surface area contributed by atoms with Crippen molar-refractivity contribution >= 4 is 28.8 Å². The molecule has 0 fully saturated rings. The van der Waals surface area contributed by atoms with E-state index in [1.165, 1.54) is 0 Å². The fourth-order valence-electron chi connectivity index (χ4n) is 2.06. The quantitative estimate of drug-likeness (QED) is 0.816. The molecule has 6 nitrogen and oxygen atoms in total. The van der Waals surface area contributed by atoms with Crippen molar-refractivity contribution in [3.63, 3.8) is 0 Å². The van der Waals surface area contributed by atoms with Crippen LogP contribution < -0.4 is 10.6 Å². The molecular formula is C17H17N3O3S. The molecule has 0 bridgehead atoms. The van der Waals surface area contributed by atoms with Crippen molar-refractivity contribution in [1.82, 2.24) is 5.32 Å². The normalized spacial score (nSPS) is 11.4. The van der Waals surface area contributed by atoms with Gasteiger partial charge in [0.1, 0.15) is 12.2 Å². The predicted octanol–water partition coefficient (Wildman–Crippen LogP) is 2.37. The van der Waals surface area contributed by atoms with Gasteiger partial charge in [-0.15, -0.1) is 11.3 Å². The topological polar surface area (TPSA) is 91.2 Å². The lowest BCUT2D eigenvalue weighted by molar-refractivity contribution is -0.136. The average molecular weight is 343 g/mol. The lowest BCUT2D eigenvalue weighted by atomic mass is 10.2. The van der Waals surface area contributed by atoms with E-state index in [1.807, 2.05) is 25.1 Å². The van der Waals surface area contributed by atoms with Crippen molar-refractivity contribution in [3.05, 3.63) is 51.7 Å². The first kappa shape index (κ1) is 17.7. The minimum atomic E-state index is -0.824. The molecule has 0 unspecified atom stereocenters. The minimum absolute atomic E-state index is 0.183. The molecule has 7 heteroatoms. The van der Waals surface area contributed by atoms with Gasteiger partial charge in [0.05, 0.1) is 11.3 Å². The summed E-state index contributed by atoms with van der Waals surface area (Å²) in [4.78, 5) is 26.0. The molecule has 0 aliphatic carbocycles. The summed E-state index contributed by atoms with van der Waals surface area (Å²) in [6, 6.07) is 12.3. The van der Waals surface area contributed by atoms with E-state index in [1.54, 1.807) is 42.7 Å². The fourth-order valence-corrected chi connectivity index (χ4v) is 3.02. The van der Waals surface area contributed by atoms with E-state index in [0.717, 1.165) is 9.75 Å². The summed E-state index contributed by atoms with van der Waals surface area (Å²) in [6.07, 6.45) is -0.313. The fraction of sp³-hybridized carbons (Fsp3) is 0.235. The van der Waals surface area contributed by atoms with E-state index in [2.05, 4.69) is 10.6 Å². The number of anilines is 1. The average Bonchev–Trinajstić information content (AvgIpc) is 3.02. The zero-order chi connectivity index (χ0) is 17.5. The summed E-state index contributed by atoms with van der Waals surface area (Å²) in [5, 5.41) is 14.0. The molecule has 0 spiro atoms. The molecule has 1 heterocycles. The van der Waals surface area contributed by atoms with Gasteiger partial charge in [0.25, 0.3) is 0 Å². The molecule has 2 aromatic rings. The lowest BCUT2D eigenvalue weighted by Gasteiger charge is -2.14. The number of aryl methyl sites for hydroxylation is 1. The Morgan fingerprint density at radius 2 is 2.00 bits per heavy atom.